The Labute approximate surface area is 116 Å². The SMILES string of the molecule is Nc1cccc2c1CCCN2Cc1ccc(Cl)s1. The maximum atomic E-state index is 6.06. The minimum Gasteiger partial charge on any atom is -0.398 e. The standard InChI is InChI=1S/C14H15ClN2S/c15-14-7-6-10(18-14)9-17-8-2-3-11-12(16)4-1-5-13(11)17/h1,4-7H,2-3,8-9,16H2. The highest BCUT2D eigenvalue weighted by Gasteiger charge is 2.18. The lowest BCUT2D eigenvalue weighted by atomic mass is 10.00. The molecule has 0 aliphatic carbocycles. The first-order chi connectivity index (χ1) is 8.74. The lowest BCUT2D eigenvalue weighted by Crippen LogP contribution is -2.28. The van der Waals surface area contributed by atoms with Gasteiger partial charge in [-0.1, -0.05) is 17.7 Å². The smallest absolute Gasteiger partial charge is 0.0931 e. The van der Waals surface area contributed by atoms with E-state index < -0.39 is 0 Å². The molecule has 18 heavy (non-hydrogen) atoms. The zero-order valence-electron chi connectivity index (χ0n) is 10.0. The molecule has 0 bridgehead atoms. The number of benzene rings is 1. The molecule has 4 heteroatoms. The first-order valence-corrected chi connectivity index (χ1v) is 7.30. The van der Waals surface area contributed by atoms with Crippen LogP contribution in [0, 0.1) is 0 Å². The molecule has 1 aromatic carbocycles. The van der Waals surface area contributed by atoms with Gasteiger partial charge in [-0.2, -0.15) is 0 Å². The van der Waals surface area contributed by atoms with E-state index in [0.29, 0.717) is 0 Å². The van der Waals surface area contributed by atoms with Crippen molar-refractivity contribution in [2.24, 2.45) is 0 Å². The van der Waals surface area contributed by atoms with Gasteiger partial charge in [0.2, 0.25) is 0 Å². The number of nitrogens with zero attached hydrogens (tertiary/aromatic N) is 1. The summed E-state index contributed by atoms with van der Waals surface area (Å²) in [6.45, 7) is 2.01. The van der Waals surface area contributed by atoms with E-state index in [9.17, 15) is 0 Å². The molecule has 3 rings (SSSR count). The van der Waals surface area contributed by atoms with E-state index in [1.807, 2.05) is 18.2 Å². The van der Waals surface area contributed by atoms with Crippen LogP contribution >= 0.6 is 22.9 Å². The summed E-state index contributed by atoms with van der Waals surface area (Å²) in [7, 11) is 0. The van der Waals surface area contributed by atoms with Crippen LogP contribution in [0.3, 0.4) is 0 Å². The van der Waals surface area contributed by atoms with Gasteiger partial charge in [0.05, 0.1) is 10.9 Å². The van der Waals surface area contributed by atoms with Gasteiger partial charge in [0, 0.05) is 22.8 Å². The number of halogens is 1. The van der Waals surface area contributed by atoms with Crippen LogP contribution in [0.1, 0.15) is 16.9 Å². The van der Waals surface area contributed by atoms with Crippen molar-refractivity contribution in [1.82, 2.24) is 0 Å². The van der Waals surface area contributed by atoms with Crippen LogP contribution in [0.4, 0.5) is 11.4 Å². The molecule has 0 atom stereocenters. The Bertz CT molecular complexity index is 565. The molecule has 0 spiro atoms. The second-order valence-electron chi connectivity index (χ2n) is 4.58. The van der Waals surface area contributed by atoms with E-state index in [-0.39, 0.29) is 0 Å². The monoisotopic (exact) mass is 278 g/mol. The van der Waals surface area contributed by atoms with Gasteiger partial charge < -0.3 is 10.6 Å². The lowest BCUT2D eigenvalue weighted by molar-refractivity contribution is 0.696. The number of hydrogen-bond acceptors (Lipinski definition) is 3. The van der Waals surface area contributed by atoms with Crippen molar-refractivity contribution >= 4 is 34.3 Å². The van der Waals surface area contributed by atoms with Gasteiger partial charge in [0.1, 0.15) is 0 Å². The lowest BCUT2D eigenvalue weighted by Gasteiger charge is -2.31. The predicted molar refractivity (Wildman–Crippen MR) is 79.6 cm³/mol. The summed E-state index contributed by atoms with van der Waals surface area (Å²) >= 11 is 7.64. The van der Waals surface area contributed by atoms with Crippen LogP contribution < -0.4 is 10.6 Å². The van der Waals surface area contributed by atoms with E-state index in [0.717, 1.165) is 29.5 Å². The van der Waals surface area contributed by atoms with Crippen LogP contribution in [0.5, 0.6) is 0 Å². The van der Waals surface area contributed by atoms with Gasteiger partial charge in [-0.3, -0.25) is 0 Å². The summed E-state index contributed by atoms with van der Waals surface area (Å²) in [6.07, 6.45) is 2.25. The van der Waals surface area contributed by atoms with E-state index >= 15 is 0 Å². The van der Waals surface area contributed by atoms with Crippen LogP contribution in [-0.4, -0.2) is 6.54 Å². The van der Waals surface area contributed by atoms with Crippen molar-refractivity contribution in [1.29, 1.82) is 0 Å². The van der Waals surface area contributed by atoms with Crippen LogP contribution in [0.15, 0.2) is 30.3 Å². The molecule has 0 saturated carbocycles. The molecule has 0 fully saturated rings. The second kappa shape index (κ2) is 4.82. The van der Waals surface area contributed by atoms with E-state index in [4.69, 9.17) is 17.3 Å². The maximum absolute atomic E-state index is 6.06. The molecule has 2 nitrogen and oxygen atoms in total. The third-order valence-corrected chi connectivity index (χ3v) is 4.57. The molecule has 2 heterocycles. The van der Waals surface area contributed by atoms with E-state index in [1.165, 1.54) is 22.5 Å². The topological polar surface area (TPSA) is 29.3 Å². The summed E-state index contributed by atoms with van der Waals surface area (Å²) < 4.78 is 0.856. The molecule has 0 radical (unpaired) electrons. The van der Waals surface area contributed by atoms with Crippen molar-refractivity contribution < 1.29 is 0 Å². The Morgan fingerprint density at radius 3 is 2.94 bits per heavy atom. The van der Waals surface area contributed by atoms with Crippen molar-refractivity contribution in [2.75, 3.05) is 17.2 Å². The first-order valence-electron chi connectivity index (χ1n) is 6.10. The van der Waals surface area contributed by atoms with Crippen LogP contribution in [0.25, 0.3) is 0 Å². The van der Waals surface area contributed by atoms with Gasteiger partial charge in [-0.15, -0.1) is 11.3 Å². The average molecular weight is 279 g/mol. The fourth-order valence-corrected chi connectivity index (χ4v) is 3.62. The highest BCUT2D eigenvalue weighted by Crippen LogP contribution is 2.33. The highest BCUT2D eigenvalue weighted by atomic mass is 35.5. The largest absolute Gasteiger partial charge is 0.398 e. The molecule has 94 valence electrons. The number of thiophene rings is 1. The van der Waals surface area contributed by atoms with Crippen molar-refractivity contribution in [3.05, 3.63) is 45.1 Å². The zero-order chi connectivity index (χ0) is 12.5. The van der Waals surface area contributed by atoms with Gasteiger partial charge in [0.15, 0.2) is 0 Å². The number of hydrogen-bond donors (Lipinski definition) is 1. The fraction of sp³-hybridized carbons (Fsp3) is 0.286. The average Bonchev–Trinajstić information content (AvgIpc) is 2.76. The normalized spacial score (nSPS) is 14.6. The van der Waals surface area contributed by atoms with Gasteiger partial charge in [-0.05, 0) is 42.7 Å². The molecular formula is C14H15ClN2S. The number of fused-ring (bicyclic) bond motifs is 1. The Morgan fingerprint density at radius 1 is 1.28 bits per heavy atom. The van der Waals surface area contributed by atoms with E-state index in [2.05, 4.69) is 17.0 Å². The fourth-order valence-electron chi connectivity index (χ4n) is 2.52. The summed E-state index contributed by atoms with van der Waals surface area (Å²) in [5.41, 5.74) is 9.55. The molecule has 1 aromatic heterocycles. The van der Waals surface area contributed by atoms with Gasteiger partial charge in [0.25, 0.3) is 0 Å². The molecule has 0 amide bonds. The Kier molecular flexibility index (Phi) is 3.18. The summed E-state index contributed by atoms with van der Waals surface area (Å²) in [5, 5.41) is 0. The number of rotatable bonds is 2. The maximum Gasteiger partial charge on any atom is 0.0931 e. The quantitative estimate of drug-likeness (QED) is 0.843. The Balaban J connectivity index is 1.89. The van der Waals surface area contributed by atoms with Crippen LogP contribution in [-0.2, 0) is 13.0 Å². The third-order valence-electron chi connectivity index (χ3n) is 3.36. The summed E-state index contributed by atoms with van der Waals surface area (Å²) in [6, 6.07) is 10.3. The van der Waals surface area contributed by atoms with Crippen molar-refractivity contribution in [2.45, 2.75) is 19.4 Å². The molecule has 1 aliphatic heterocycles. The first kappa shape index (κ1) is 11.9. The molecule has 1 aliphatic rings. The molecule has 0 unspecified atom stereocenters. The van der Waals surface area contributed by atoms with Crippen molar-refractivity contribution in [3.63, 3.8) is 0 Å². The molecule has 2 N–H and O–H groups in total. The number of nitrogens with two attached hydrogens (primary N) is 1. The van der Waals surface area contributed by atoms with Gasteiger partial charge in [-0.25, -0.2) is 0 Å². The summed E-state index contributed by atoms with van der Waals surface area (Å²) in [5.74, 6) is 0. The Hall–Kier alpha value is -1.19. The number of anilines is 2. The molecular weight excluding hydrogens is 264 g/mol. The molecule has 2 aromatic rings. The summed E-state index contributed by atoms with van der Waals surface area (Å²) in [4.78, 5) is 3.70. The zero-order valence-corrected chi connectivity index (χ0v) is 11.6. The minimum atomic E-state index is 0.856. The van der Waals surface area contributed by atoms with Crippen molar-refractivity contribution in [3.8, 4) is 0 Å². The highest BCUT2D eigenvalue weighted by molar-refractivity contribution is 7.16. The Morgan fingerprint density at radius 2 is 2.17 bits per heavy atom. The molecule has 0 saturated heterocycles. The third kappa shape index (κ3) is 2.20. The van der Waals surface area contributed by atoms with E-state index in [1.54, 1.807) is 11.3 Å². The predicted octanol–water partition coefficient (Wildman–Crippen LogP) is 3.94. The van der Waals surface area contributed by atoms with Crippen LogP contribution in [0.2, 0.25) is 4.34 Å². The number of nitrogen functional groups attached to an aromatic ring is 1. The van der Waals surface area contributed by atoms with Gasteiger partial charge >= 0.3 is 0 Å². The minimum absolute atomic E-state index is 0.856. The second-order valence-corrected chi connectivity index (χ2v) is 6.38.